The lowest BCUT2D eigenvalue weighted by Gasteiger charge is -2.23. The minimum Gasteiger partial charge on any atom is -0.382 e. The molecule has 0 radical (unpaired) electrons. The summed E-state index contributed by atoms with van der Waals surface area (Å²) in [4.78, 5) is 11.8. The molecule has 24 heavy (non-hydrogen) atoms. The largest absolute Gasteiger partial charge is 0.382 e. The SMILES string of the molecule is CCCN(CC)c1nc2c(N)nc3ccccc3c2n1CC(C)C. The number of benzene rings is 1. The fourth-order valence-corrected chi connectivity index (χ4v) is 3.30. The quantitative estimate of drug-likeness (QED) is 0.742. The van der Waals surface area contributed by atoms with Crippen LogP contribution in [0.15, 0.2) is 24.3 Å². The van der Waals surface area contributed by atoms with Crippen molar-refractivity contribution < 1.29 is 0 Å². The van der Waals surface area contributed by atoms with E-state index in [-0.39, 0.29) is 0 Å². The van der Waals surface area contributed by atoms with Crippen molar-refractivity contribution >= 4 is 33.7 Å². The van der Waals surface area contributed by atoms with Crippen molar-refractivity contribution in [1.82, 2.24) is 14.5 Å². The van der Waals surface area contributed by atoms with Crippen LogP contribution in [0.25, 0.3) is 21.9 Å². The van der Waals surface area contributed by atoms with Gasteiger partial charge in [0.05, 0.1) is 11.0 Å². The molecule has 2 heterocycles. The molecule has 2 aromatic heterocycles. The highest BCUT2D eigenvalue weighted by Crippen LogP contribution is 2.32. The summed E-state index contributed by atoms with van der Waals surface area (Å²) in [6.45, 7) is 11.7. The zero-order chi connectivity index (χ0) is 17.3. The van der Waals surface area contributed by atoms with E-state index in [0.29, 0.717) is 11.7 Å². The third-order valence-corrected chi connectivity index (χ3v) is 4.30. The summed E-state index contributed by atoms with van der Waals surface area (Å²) >= 11 is 0. The number of para-hydroxylation sites is 1. The zero-order valence-electron chi connectivity index (χ0n) is 15.1. The molecule has 3 aromatic rings. The van der Waals surface area contributed by atoms with Crippen LogP contribution in [0, 0.1) is 5.92 Å². The predicted octanol–water partition coefficient (Wildman–Crippen LogP) is 4.06. The van der Waals surface area contributed by atoms with Crippen molar-refractivity contribution in [1.29, 1.82) is 0 Å². The van der Waals surface area contributed by atoms with Crippen molar-refractivity contribution in [3.8, 4) is 0 Å². The Hall–Kier alpha value is -2.30. The second-order valence-electron chi connectivity index (χ2n) is 6.71. The van der Waals surface area contributed by atoms with Crippen molar-refractivity contribution in [2.24, 2.45) is 5.92 Å². The van der Waals surface area contributed by atoms with Gasteiger partial charge in [0.2, 0.25) is 5.95 Å². The first-order valence-electron chi connectivity index (χ1n) is 8.86. The third-order valence-electron chi connectivity index (χ3n) is 4.30. The zero-order valence-corrected chi connectivity index (χ0v) is 15.1. The van der Waals surface area contributed by atoms with Gasteiger partial charge < -0.3 is 15.2 Å². The van der Waals surface area contributed by atoms with Crippen molar-refractivity contribution in [2.75, 3.05) is 23.7 Å². The van der Waals surface area contributed by atoms with Gasteiger partial charge in [-0.1, -0.05) is 39.0 Å². The maximum absolute atomic E-state index is 6.25. The van der Waals surface area contributed by atoms with Gasteiger partial charge in [-0.15, -0.1) is 0 Å². The van der Waals surface area contributed by atoms with Crippen LogP contribution in [-0.2, 0) is 6.54 Å². The van der Waals surface area contributed by atoms with Crippen LogP contribution in [0.3, 0.4) is 0 Å². The van der Waals surface area contributed by atoms with Crippen LogP contribution in [-0.4, -0.2) is 27.6 Å². The highest BCUT2D eigenvalue weighted by atomic mass is 15.3. The summed E-state index contributed by atoms with van der Waals surface area (Å²) < 4.78 is 2.33. The first-order valence-corrected chi connectivity index (χ1v) is 8.86. The van der Waals surface area contributed by atoms with E-state index in [9.17, 15) is 0 Å². The first-order chi connectivity index (χ1) is 11.6. The van der Waals surface area contributed by atoms with E-state index in [2.05, 4.69) is 54.3 Å². The van der Waals surface area contributed by atoms with Gasteiger partial charge in [0.1, 0.15) is 5.52 Å². The van der Waals surface area contributed by atoms with Gasteiger partial charge in [0.15, 0.2) is 5.82 Å². The molecule has 0 atom stereocenters. The normalized spacial score (nSPS) is 11.7. The van der Waals surface area contributed by atoms with Crippen molar-refractivity contribution in [2.45, 2.75) is 40.7 Å². The molecule has 0 spiro atoms. The monoisotopic (exact) mass is 325 g/mol. The summed E-state index contributed by atoms with van der Waals surface area (Å²) in [5.41, 5.74) is 9.10. The molecular formula is C19H27N5. The molecule has 0 aliphatic rings. The number of hydrogen-bond acceptors (Lipinski definition) is 4. The Labute approximate surface area is 143 Å². The minimum absolute atomic E-state index is 0.514. The van der Waals surface area contributed by atoms with E-state index >= 15 is 0 Å². The van der Waals surface area contributed by atoms with Crippen molar-refractivity contribution in [3.63, 3.8) is 0 Å². The van der Waals surface area contributed by atoms with Gasteiger partial charge in [-0.05, 0) is 25.3 Å². The smallest absolute Gasteiger partial charge is 0.206 e. The Bertz CT molecular complexity index is 850. The number of nitrogens with two attached hydrogens (primary N) is 1. The number of nitrogens with zero attached hydrogens (tertiary/aromatic N) is 4. The van der Waals surface area contributed by atoms with Crippen LogP contribution in [0.1, 0.15) is 34.1 Å². The molecule has 3 rings (SSSR count). The van der Waals surface area contributed by atoms with Crippen LogP contribution >= 0.6 is 0 Å². The number of aromatic nitrogens is 3. The number of fused-ring (bicyclic) bond motifs is 3. The standard InChI is InChI=1S/C19H27N5/c1-5-11-23(6-2)19-22-16-17(24(19)12-13(3)4)14-9-7-8-10-15(14)21-18(16)20/h7-10,13H,5-6,11-12H2,1-4H3,(H2,20,21). The highest BCUT2D eigenvalue weighted by Gasteiger charge is 2.20. The van der Waals surface area contributed by atoms with Gasteiger partial charge in [-0.2, -0.15) is 0 Å². The van der Waals surface area contributed by atoms with Gasteiger partial charge in [-0.25, -0.2) is 9.97 Å². The molecule has 0 saturated heterocycles. The first kappa shape index (κ1) is 16.6. The molecule has 0 amide bonds. The number of anilines is 2. The van der Waals surface area contributed by atoms with Gasteiger partial charge in [-0.3, -0.25) is 0 Å². The molecule has 5 heteroatoms. The van der Waals surface area contributed by atoms with E-state index in [1.807, 2.05) is 12.1 Å². The Morgan fingerprint density at radius 1 is 1.17 bits per heavy atom. The van der Waals surface area contributed by atoms with Crippen LogP contribution in [0.2, 0.25) is 0 Å². The predicted molar refractivity (Wildman–Crippen MR) is 102 cm³/mol. The second-order valence-corrected chi connectivity index (χ2v) is 6.71. The lowest BCUT2D eigenvalue weighted by Crippen LogP contribution is -2.27. The van der Waals surface area contributed by atoms with E-state index in [4.69, 9.17) is 10.7 Å². The van der Waals surface area contributed by atoms with E-state index in [1.54, 1.807) is 0 Å². The summed E-state index contributed by atoms with van der Waals surface area (Å²) in [6, 6.07) is 8.18. The molecule has 0 saturated carbocycles. The van der Waals surface area contributed by atoms with Gasteiger partial charge in [0, 0.05) is 25.0 Å². The van der Waals surface area contributed by atoms with E-state index in [1.165, 1.54) is 0 Å². The lowest BCUT2D eigenvalue weighted by molar-refractivity contribution is 0.528. The maximum atomic E-state index is 6.25. The lowest BCUT2D eigenvalue weighted by atomic mass is 10.1. The Morgan fingerprint density at radius 3 is 2.58 bits per heavy atom. The second kappa shape index (κ2) is 6.67. The average molecular weight is 325 g/mol. The Kier molecular flexibility index (Phi) is 4.60. The minimum atomic E-state index is 0.514. The topological polar surface area (TPSA) is 60.0 Å². The fourth-order valence-electron chi connectivity index (χ4n) is 3.30. The summed E-state index contributed by atoms with van der Waals surface area (Å²) in [7, 11) is 0. The van der Waals surface area contributed by atoms with Crippen LogP contribution in [0.4, 0.5) is 11.8 Å². The molecular weight excluding hydrogens is 298 g/mol. The fraction of sp³-hybridized carbons (Fsp3) is 0.474. The van der Waals surface area contributed by atoms with Gasteiger partial charge in [0.25, 0.3) is 0 Å². The van der Waals surface area contributed by atoms with Gasteiger partial charge >= 0.3 is 0 Å². The van der Waals surface area contributed by atoms with Crippen LogP contribution < -0.4 is 10.6 Å². The molecule has 128 valence electrons. The highest BCUT2D eigenvalue weighted by molar-refractivity contribution is 6.07. The van der Waals surface area contributed by atoms with E-state index < -0.39 is 0 Å². The molecule has 5 nitrogen and oxygen atoms in total. The number of nitrogen functional groups attached to an aromatic ring is 1. The molecule has 0 aliphatic heterocycles. The summed E-state index contributed by atoms with van der Waals surface area (Å²) in [6.07, 6.45) is 1.09. The number of hydrogen-bond donors (Lipinski definition) is 1. The molecule has 0 aliphatic carbocycles. The summed E-state index contributed by atoms with van der Waals surface area (Å²) in [5.74, 6) is 2.04. The van der Waals surface area contributed by atoms with Crippen molar-refractivity contribution in [3.05, 3.63) is 24.3 Å². The third kappa shape index (κ3) is 2.79. The maximum Gasteiger partial charge on any atom is 0.206 e. The Morgan fingerprint density at radius 2 is 1.92 bits per heavy atom. The molecule has 0 unspecified atom stereocenters. The van der Waals surface area contributed by atoms with Crippen LogP contribution in [0.5, 0.6) is 0 Å². The average Bonchev–Trinajstić information content (AvgIpc) is 2.92. The molecule has 2 N–H and O–H groups in total. The number of imidazole rings is 1. The molecule has 1 aromatic carbocycles. The number of pyridine rings is 1. The molecule has 0 fully saturated rings. The Balaban J connectivity index is 2.36. The molecule has 0 bridgehead atoms. The number of rotatable bonds is 6. The summed E-state index contributed by atoms with van der Waals surface area (Å²) in [5, 5.41) is 1.12. The van der Waals surface area contributed by atoms with E-state index in [0.717, 1.165) is 53.9 Å².